The number of hydrogen-bond acceptors (Lipinski definition) is 8. The van der Waals surface area contributed by atoms with Gasteiger partial charge in [-0.3, -0.25) is 14.2 Å². The molecule has 2 aromatic rings. The maximum Gasteiger partial charge on any atom is 0.337 e. The molecule has 0 fully saturated rings. The Morgan fingerprint density at radius 2 is 1.64 bits per heavy atom. The molecule has 0 radical (unpaired) electrons. The average Bonchev–Trinajstić information content (AvgIpc) is 3.11. The Balaban J connectivity index is 2.37. The summed E-state index contributed by atoms with van der Waals surface area (Å²) in [5.41, 5.74) is -0.186. The van der Waals surface area contributed by atoms with Crippen LogP contribution in [0.1, 0.15) is 20.7 Å². The number of aromatic nitrogens is 2. The van der Waals surface area contributed by atoms with E-state index in [0.29, 0.717) is 0 Å². The van der Waals surface area contributed by atoms with Gasteiger partial charge >= 0.3 is 11.9 Å². The van der Waals surface area contributed by atoms with Gasteiger partial charge in [-0.1, -0.05) is 0 Å². The third kappa shape index (κ3) is 4.85. The van der Waals surface area contributed by atoms with Gasteiger partial charge in [-0.05, 0) is 18.2 Å². The van der Waals surface area contributed by atoms with Crippen molar-refractivity contribution in [3.05, 3.63) is 41.7 Å². The zero-order valence-corrected chi connectivity index (χ0v) is 16.1. The molecule has 1 aromatic carbocycles. The number of nitrogens with zero attached hydrogens (tertiary/aromatic N) is 2. The van der Waals surface area contributed by atoms with Gasteiger partial charge in [0, 0.05) is 13.2 Å². The van der Waals surface area contributed by atoms with Gasteiger partial charge in [-0.2, -0.15) is 5.10 Å². The van der Waals surface area contributed by atoms with Gasteiger partial charge in [-0.25, -0.2) is 18.0 Å². The van der Waals surface area contributed by atoms with Gasteiger partial charge < -0.3 is 14.8 Å². The average molecular weight is 410 g/mol. The zero-order chi connectivity index (χ0) is 20.9. The second-order valence-corrected chi connectivity index (χ2v) is 7.12. The minimum Gasteiger partial charge on any atom is -0.465 e. The van der Waals surface area contributed by atoms with E-state index in [0.717, 1.165) is 32.4 Å². The van der Waals surface area contributed by atoms with Crippen LogP contribution < -0.4 is 10.0 Å². The molecule has 0 aliphatic heterocycles. The lowest BCUT2D eigenvalue weighted by atomic mass is 10.1. The fraction of sp³-hybridized carbons (Fsp3) is 0.250. The van der Waals surface area contributed by atoms with Gasteiger partial charge in [0.1, 0.15) is 6.54 Å². The van der Waals surface area contributed by atoms with Crippen LogP contribution in [0.4, 0.5) is 5.69 Å². The Hall–Kier alpha value is -3.41. The van der Waals surface area contributed by atoms with E-state index < -0.39 is 22.0 Å². The summed E-state index contributed by atoms with van der Waals surface area (Å²) in [6, 6.07) is 3.29. The van der Waals surface area contributed by atoms with Crippen LogP contribution in [0.15, 0.2) is 35.5 Å². The van der Waals surface area contributed by atoms with Crippen molar-refractivity contribution in [3.63, 3.8) is 0 Å². The molecule has 0 aliphatic rings. The van der Waals surface area contributed by atoms with Crippen molar-refractivity contribution in [3.8, 4) is 0 Å². The lowest BCUT2D eigenvalue weighted by Gasteiger charge is -2.10. The van der Waals surface area contributed by atoms with E-state index in [-0.39, 0.29) is 34.2 Å². The van der Waals surface area contributed by atoms with Crippen molar-refractivity contribution in [1.29, 1.82) is 0 Å². The molecule has 28 heavy (non-hydrogen) atoms. The number of ether oxygens (including phenoxy) is 2. The summed E-state index contributed by atoms with van der Waals surface area (Å²) in [4.78, 5) is 34.6. The van der Waals surface area contributed by atoms with Crippen molar-refractivity contribution in [2.24, 2.45) is 0 Å². The molecule has 0 atom stereocenters. The van der Waals surface area contributed by atoms with Crippen LogP contribution in [0, 0.1) is 0 Å². The largest absolute Gasteiger partial charge is 0.465 e. The predicted octanol–water partition coefficient (Wildman–Crippen LogP) is 0.00310. The smallest absolute Gasteiger partial charge is 0.337 e. The number of nitrogens with one attached hydrogen (secondary N) is 2. The quantitative estimate of drug-likeness (QED) is 0.607. The molecule has 1 heterocycles. The zero-order valence-electron chi connectivity index (χ0n) is 15.3. The van der Waals surface area contributed by atoms with Gasteiger partial charge in [0.05, 0.1) is 42.1 Å². The summed E-state index contributed by atoms with van der Waals surface area (Å²) in [6.07, 6.45) is 2.53. The van der Waals surface area contributed by atoms with E-state index in [1.54, 1.807) is 0 Å². The summed E-state index contributed by atoms with van der Waals surface area (Å²) < 4.78 is 38.0. The standard InChI is InChI=1S/C16H18N4O7S/c1-17-14(21)9-20-8-12(7-18-20)19-28(24,25)13-5-10(15(22)26-2)4-11(6-13)16(23)27-3/h4-8,19H,9H2,1-3H3,(H,17,21). The number of rotatable bonds is 7. The van der Waals surface area contributed by atoms with Crippen molar-refractivity contribution >= 4 is 33.6 Å². The maximum absolute atomic E-state index is 12.7. The molecule has 0 unspecified atom stereocenters. The molecule has 150 valence electrons. The second kappa shape index (κ2) is 8.52. The number of esters is 2. The minimum absolute atomic E-state index is 0.0898. The number of carbonyl (C=O) groups is 3. The van der Waals surface area contributed by atoms with E-state index in [2.05, 4.69) is 24.6 Å². The van der Waals surface area contributed by atoms with Crippen molar-refractivity contribution < 1.29 is 32.3 Å². The van der Waals surface area contributed by atoms with Crippen LogP contribution in [0.2, 0.25) is 0 Å². The summed E-state index contributed by atoms with van der Waals surface area (Å²) >= 11 is 0. The summed E-state index contributed by atoms with van der Waals surface area (Å²) in [6.45, 7) is -0.0947. The van der Waals surface area contributed by atoms with Crippen LogP contribution >= 0.6 is 0 Å². The van der Waals surface area contributed by atoms with E-state index in [1.165, 1.54) is 24.1 Å². The highest BCUT2D eigenvalue weighted by Gasteiger charge is 2.22. The predicted molar refractivity (Wildman–Crippen MR) is 96.2 cm³/mol. The highest BCUT2D eigenvalue weighted by molar-refractivity contribution is 7.92. The lowest BCUT2D eigenvalue weighted by Crippen LogP contribution is -2.23. The van der Waals surface area contributed by atoms with Crippen molar-refractivity contribution in [2.45, 2.75) is 11.4 Å². The summed E-state index contributed by atoms with van der Waals surface area (Å²) in [7, 11) is -0.470. The number of sulfonamides is 1. The third-order valence-electron chi connectivity index (χ3n) is 3.53. The molecule has 11 nitrogen and oxygen atoms in total. The van der Waals surface area contributed by atoms with Crippen LogP contribution in [0.5, 0.6) is 0 Å². The third-order valence-corrected chi connectivity index (χ3v) is 4.89. The normalized spacial score (nSPS) is 10.8. The maximum atomic E-state index is 12.7. The van der Waals surface area contributed by atoms with E-state index >= 15 is 0 Å². The van der Waals surface area contributed by atoms with Crippen molar-refractivity contribution in [2.75, 3.05) is 26.0 Å². The number of methoxy groups -OCH3 is 2. The molecule has 0 saturated carbocycles. The molecule has 0 bridgehead atoms. The molecule has 2 N–H and O–H groups in total. The number of hydrogen-bond donors (Lipinski definition) is 2. The number of amides is 1. The van der Waals surface area contributed by atoms with Gasteiger partial charge in [-0.15, -0.1) is 0 Å². The van der Waals surface area contributed by atoms with Crippen LogP contribution in [0.3, 0.4) is 0 Å². The first-order valence-electron chi connectivity index (χ1n) is 7.77. The molecular formula is C16H18N4O7S. The number of anilines is 1. The monoisotopic (exact) mass is 410 g/mol. The molecule has 0 aliphatic carbocycles. The Morgan fingerprint density at radius 3 is 2.14 bits per heavy atom. The van der Waals surface area contributed by atoms with E-state index in [1.807, 2.05) is 0 Å². The first kappa shape index (κ1) is 20.9. The summed E-state index contributed by atoms with van der Waals surface area (Å²) in [5, 5.41) is 6.30. The highest BCUT2D eigenvalue weighted by Crippen LogP contribution is 2.20. The van der Waals surface area contributed by atoms with E-state index in [4.69, 9.17) is 0 Å². The Kier molecular flexibility index (Phi) is 6.36. The molecule has 12 heteroatoms. The molecule has 0 spiro atoms. The SMILES string of the molecule is CNC(=O)Cn1cc(NS(=O)(=O)c2cc(C(=O)OC)cc(C(=O)OC)c2)cn1. The fourth-order valence-electron chi connectivity index (χ4n) is 2.17. The molecule has 1 amide bonds. The molecule has 0 saturated heterocycles. The topological polar surface area (TPSA) is 146 Å². The Morgan fingerprint density at radius 1 is 1.07 bits per heavy atom. The summed E-state index contributed by atoms with van der Waals surface area (Å²) in [5.74, 6) is -1.95. The number of likely N-dealkylation sites (N-methyl/N-ethyl adjacent to an activating group) is 1. The van der Waals surface area contributed by atoms with Gasteiger partial charge in [0.15, 0.2) is 0 Å². The van der Waals surface area contributed by atoms with E-state index in [9.17, 15) is 22.8 Å². The number of carbonyl (C=O) groups excluding carboxylic acids is 3. The van der Waals surface area contributed by atoms with Crippen LogP contribution in [0.25, 0.3) is 0 Å². The van der Waals surface area contributed by atoms with Crippen molar-refractivity contribution in [1.82, 2.24) is 15.1 Å². The van der Waals surface area contributed by atoms with Gasteiger partial charge in [0.25, 0.3) is 10.0 Å². The molecular weight excluding hydrogens is 392 g/mol. The Labute approximate surface area is 160 Å². The lowest BCUT2D eigenvalue weighted by molar-refractivity contribution is -0.121. The Bertz CT molecular complexity index is 980. The molecule has 2 rings (SSSR count). The second-order valence-electron chi connectivity index (χ2n) is 5.43. The van der Waals surface area contributed by atoms with Crippen LogP contribution in [-0.4, -0.2) is 57.3 Å². The van der Waals surface area contributed by atoms with Gasteiger partial charge in [0.2, 0.25) is 5.91 Å². The fourth-order valence-corrected chi connectivity index (χ4v) is 3.27. The van der Waals surface area contributed by atoms with Crippen LogP contribution in [-0.2, 0) is 30.8 Å². The highest BCUT2D eigenvalue weighted by atomic mass is 32.2. The molecule has 1 aromatic heterocycles. The number of benzene rings is 1. The minimum atomic E-state index is -4.18. The first-order valence-corrected chi connectivity index (χ1v) is 9.26. The first-order chi connectivity index (χ1) is 13.2.